The van der Waals surface area contributed by atoms with Crippen LogP contribution < -0.4 is 5.32 Å². The number of hydrogen-bond donors (Lipinski definition) is 2. The van der Waals surface area contributed by atoms with Gasteiger partial charge in [-0.15, -0.1) is 0 Å². The van der Waals surface area contributed by atoms with Crippen LogP contribution in [-0.4, -0.2) is 23.7 Å². The van der Waals surface area contributed by atoms with Gasteiger partial charge in [-0.1, -0.05) is 36.2 Å². The number of aryl methyl sites for hydroxylation is 1. The number of aliphatic hydroxyl groups is 1. The number of hydrogen-bond acceptors (Lipinski definition) is 2. The summed E-state index contributed by atoms with van der Waals surface area (Å²) < 4.78 is 0. The number of rotatable bonds is 6. The molecule has 0 bridgehead atoms. The molecule has 0 aromatic heterocycles. The van der Waals surface area contributed by atoms with Gasteiger partial charge in [-0.3, -0.25) is 4.79 Å². The van der Waals surface area contributed by atoms with Crippen LogP contribution >= 0.6 is 0 Å². The molecule has 1 unspecified atom stereocenters. The first kappa shape index (κ1) is 15.0. The molecule has 1 aromatic rings. The first-order valence-corrected chi connectivity index (χ1v) is 7.57. The fourth-order valence-corrected chi connectivity index (χ4v) is 2.95. The lowest BCUT2D eigenvalue weighted by Crippen LogP contribution is -2.51. The second kappa shape index (κ2) is 6.40. The van der Waals surface area contributed by atoms with Crippen LogP contribution in [0.3, 0.4) is 0 Å². The van der Waals surface area contributed by atoms with Crippen molar-refractivity contribution in [2.75, 3.05) is 6.61 Å². The molecule has 2 rings (SSSR count). The van der Waals surface area contributed by atoms with Gasteiger partial charge in [0, 0.05) is 12.6 Å². The van der Waals surface area contributed by atoms with E-state index in [-0.39, 0.29) is 24.0 Å². The van der Waals surface area contributed by atoms with Crippen molar-refractivity contribution >= 4 is 5.91 Å². The molecular weight excluding hydrogens is 250 g/mol. The lowest BCUT2D eigenvalue weighted by atomic mass is 9.63. The zero-order valence-corrected chi connectivity index (χ0v) is 12.5. The van der Waals surface area contributed by atoms with Crippen molar-refractivity contribution in [3.8, 4) is 0 Å². The van der Waals surface area contributed by atoms with Crippen molar-refractivity contribution in [2.24, 2.45) is 0 Å². The normalized spacial score (nSPS) is 18.1. The molecular formula is C17H25NO2. The third kappa shape index (κ3) is 3.04. The molecule has 2 N–H and O–H groups in total. The van der Waals surface area contributed by atoms with Crippen molar-refractivity contribution < 1.29 is 9.90 Å². The van der Waals surface area contributed by atoms with Crippen molar-refractivity contribution in [3.63, 3.8) is 0 Å². The molecule has 1 aliphatic carbocycles. The minimum absolute atomic E-state index is 0.122. The first-order valence-electron chi connectivity index (χ1n) is 7.57. The Morgan fingerprint density at radius 1 is 1.45 bits per heavy atom. The maximum Gasteiger partial charge on any atom is 0.230 e. The molecule has 1 atom stereocenters. The largest absolute Gasteiger partial charge is 0.396 e. The molecule has 3 nitrogen and oxygen atoms in total. The average Bonchev–Trinajstić information content (AvgIpc) is 2.35. The summed E-state index contributed by atoms with van der Waals surface area (Å²) in [6.45, 7) is 4.26. The summed E-state index contributed by atoms with van der Waals surface area (Å²) in [5.41, 5.74) is 2.03. The molecule has 1 aliphatic rings. The number of carbonyl (C=O) groups excluding carboxylic acids is 1. The number of nitrogens with one attached hydrogen (secondary N) is 1. The van der Waals surface area contributed by atoms with Crippen molar-refractivity contribution in [1.82, 2.24) is 5.32 Å². The molecule has 1 amide bonds. The average molecular weight is 275 g/mol. The topological polar surface area (TPSA) is 49.3 Å². The molecule has 20 heavy (non-hydrogen) atoms. The van der Waals surface area contributed by atoms with Gasteiger partial charge in [-0.2, -0.15) is 0 Å². The molecule has 110 valence electrons. The van der Waals surface area contributed by atoms with Gasteiger partial charge < -0.3 is 10.4 Å². The Kier molecular flexibility index (Phi) is 4.81. The van der Waals surface area contributed by atoms with Gasteiger partial charge in [-0.05, 0) is 45.1 Å². The molecule has 1 saturated carbocycles. The van der Waals surface area contributed by atoms with E-state index >= 15 is 0 Å². The molecule has 0 saturated heterocycles. The summed E-state index contributed by atoms with van der Waals surface area (Å²) in [7, 11) is 0. The van der Waals surface area contributed by atoms with Crippen LogP contribution in [-0.2, 0) is 10.2 Å². The highest BCUT2D eigenvalue weighted by Crippen LogP contribution is 2.44. The minimum Gasteiger partial charge on any atom is -0.396 e. The minimum atomic E-state index is -0.320. The monoisotopic (exact) mass is 275 g/mol. The molecule has 0 spiro atoms. The number of benzene rings is 1. The third-order valence-corrected chi connectivity index (χ3v) is 4.39. The highest BCUT2D eigenvalue weighted by atomic mass is 16.3. The van der Waals surface area contributed by atoms with Crippen LogP contribution in [0.15, 0.2) is 24.3 Å². The van der Waals surface area contributed by atoms with Gasteiger partial charge in [0.25, 0.3) is 0 Å². The summed E-state index contributed by atoms with van der Waals surface area (Å²) in [5, 5.41) is 12.0. The van der Waals surface area contributed by atoms with Gasteiger partial charge in [0.1, 0.15) is 0 Å². The Hall–Kier alpha value is -1.35. The Morgan fingerprint density at radius 3 is 2.75 bits per heavy atom. The van der Waals surface area contributed by atoms with E-state index in [1.54, 1.807) is 0 Å². The van der Waals surface area contributed by atoms with Gasteiger partial charge in [0.2, 0.25) is 5.91 Å². The summed E-state index contributed by atoms with van der Waals surface area (Å²) >= 11 is 0. The Bertz CT molecular complexity index is 466. The summed E-state index contributed by atoms with van der Waals surface area (Å²) in [5.74, 6) is 0.153. The lowest BCUT2D eigenvalue weighted by molar-refractivity contribution is -0.130. The first-order chi connectivity index (χ1) is 9.58. The molecule has 3 heteroatoms. The van der Waals surface area contributed by atoms with Crippen LogP contribution in [0.25, 0.3) is 0 Å². The predicted molar refractivity (Wildman–Crippen MR) is 80.6 cm³/mol. The summed E-state index contributed by atoms with van der Waals surface area (Å²) in [6.07, 6.45) is 4.56. The smallest absolute Gasteiger partial charge is 0.230 e. The quantitative estimate of drug-likeness (QED) is 0.838. The van der Waals surface area contributed by atoms with E-state index in [9.17, 15) is 4.79 Å². The number of carbonyl (C=O) groups is 1. The van der Waals surface area contributed by atoms with Crippen molar-refractivity contribution in [1.29, 1.82) is 0 Å². The molecule has 0 heterocycles. The fraction of sp³-hybridized carbons (Fsp3) is 0.588. The zero-order valence-electron chi connectivity index (χ0n) is 12.5. The fourth-order valence-electron chi connectivity index (χ4n) is 2.95. The third-order valence-electron chi connectivity index (χ3n) is 4.39. The molecule has 1 fully saturated rings. The van der Waals surface area contributed by atoms with E-state index in [2.05, 4.69) is 30.4 Å². The number of amides is 1. The standard InChI is InChI=1S/C17H25NO2/c1-13-6-3-8-15(12-13)17(9-5-10-17)16(20)18-14(2)7-4-11-19/h3,6,8,12,14,19H,4-5,7,9-11H2,1-2H3,(H,18,20). The van der Waals surface area contributed by atoms with E-state index in [1.165, 1.54) is 5.56 Å². The van der Waals surface area contributed by atoms with E-state index < -0.39 is 0 Å². The number of aliphatic hydroxyl groups excluding tert-OH is 1. The van der Waals surface area contributed by atoms with Gasteiger partial charge >= 0.3 is 0 Å². The maximum absolute atomic E-state index is 12.7. The van der Waals surface area contributed by atoms with Crippen molar-refractivity contribution in [2.45, 2.75) is 57.4 Å². The lowest BCUT2D eigenvalue weighted by Gasteiger charge is -2.41. The highest BCUT2D eigenvalue weighted by molar-refractivity contribution is 5.89. The van der Waals surface area contributed by atoms with Crippen LogP contribution in [0.2, 0.25) is 0 Å². The predicted octanol–water partition coefficient (Wildman–Crippen LogP) is 2.69. The van der Waals surface area contributed by atoms with E-state index in [1.807, 2.05) is 13.0 Å². The van der Waals surface area contributed by atoms with E-state index in [0.29, 0.717) is 0 Å². The molecule has 0 radical (unpaired) electrons. The van der Waals surface area contributed by atoms with Crippen LogP contribution in [0, 0.1) is 6.92 Å². The second-order valence-electron chi connectivity index (χ2n) is 6.05. The Morgan fingerprint density at radius 2 is 2.20 bits per heavy atom. The second-order valence-corrected chi connectivity index (χ2v) is 6.05. The van der Waals surface area contributed by atoms with Gasteiger partial charge in [-0.25, -0.2) is 0 Å². The van der Waals surface area contributed by atoms with Crippen molar-refractivity contribution in [3.05, 3.63) is 35.4 Å². The summed E-state index contributed by atoms with van der Waals surface area (Å²) in [6, 6.07) is 8.43. The SMILES string of the molecule is Cc1cccc(C2(C(=O)NC(C)CCCO)CCC2)c1. The highest BCUT2D eigenvalue weighted by Gasteiger charge is 2.45. The van der Waals surface area contributed by atoms with Gasteiger partial charge in [0.05, 0.1) is 5.41 Å². The summed E-state index contributed by atoms with van der Waals surface area (Å²) in [4.78, 5) is 12.7. The maximum atomic E-state index is 12.7. The van der Waals surface area contributed by atoms with Crippen LogP contribution in [0.1, 0.15) is 50.2 Å². The van der Waals surface area contributed by atoms with E-state index in [4.69, 9.17) is 5.11 Å². The van der Waals surface area contributed by atoms with Gasteiger partial charge in [0.15, 0.2) is 0 Å². The van der Waals surface area contributed by atoms with E-state index in [0.717, 1.165) is 37.7 Å². The zero-order chi connectivity index (χ0) is 14.6. The Balaban J connectivity index is 2.09. The Labute approximate surface area is 121 Å². The molecule has 0 aliphatic heterocycles. The molecule has 1 aromatic carbocycles. The van der Waals surface area contributed by atoms with Crippen LogP contribution in [0.4, 0.5) is 0 Å². The van der Waals surface area contributed by atoms with Crippen LogP contribution in [0.5, 0.6) is 0 Å².